The number of piperidine rings is 1. The molecule has 4 aromatic rings. The van der Waals surface area contributed by atoms with E-state index in [-0.39, 0.29) is 23.9 Å². The fraction of sp³-hybridized carbons (Fsp3) is 0.353. The predicted octanol–water partition coefficient (Wildman–Crippen LogP) is 6.89. The molecule has 41 heavy (non-hydrogen) atoms. The maximum atomic E-state index is 13.9. The lowest BCUT2D eigenvalue weighted by atomic mass is 9.85. The van der Waals surface area contributed by atoms with Gasteiger partial charge in [-0.05, 0) is 79.6 Å². The molecule has 6 rings (SSSR count). The summed E-state index contributed by atoms with van der Waals surface area (Å²) in [6.45, 7) is 3.81. The van der Waals surface area contributed by atoms with Gasteiger partial charge >= 0.3 is 0 Å². The molecule has 7 nitrogen and oxygen atoms in total. The van der Waals surface area contributed by atoms with Crippen LogP contribution in [0.3, 0.4) is 0 Å². The van der Waals surface area contributed by atoms with Crippen LogP contribution >= 0.6 is 0 Å². The lowest BCUT2D eigenvalue weighted by Crippen LogP contribution is -2.35. The highest BCUT2D eigenvalue weighted by atomic mass is 16.4. The zero-order valence-electron chi connectivity index (χ0n) is 23.4. The van der Waals surface area contributed by atoms with Gasteiger partial charge in [-0.25, -0.2) is 0 Å². The Morgan fingerprint density at radius 2 is 1.83 bits per heavy atom. The van der Waals surface area contributed by atoms with Gasteiger partial charge in [0.05, 0.1) is 17.7 Å². The zero-order valence-corrected chi connectivity index (χ0v) is 23.4. The van der Waals surface area contributed by atoms with E-state index in [0.717, 1.165) is 62.7 Å². The molecule has 1 unspecified atom stereocenters. The molecule has 1 amide bonds. The van der Waals surface area contributed by atoms with Crippen molar-refractivity contribution in [2.75, 3.05) is 13.1 Å². The number of benzene rings is 3. The van der Waals surface area contributed by atoms with E-state index in [1.54, 1.807) is 6.07 Å². The number of nitrogens with one attached hydrogen (secondary N) is 1. The van der Waals surface area contributed by atoms with E-state index in [1.165, 1.54) is 5.56 Å². The smallest absolute Gasteiger partial charge is 0.254 e. The molecular weight excluding hydrogens is 510 g/mol. The Bertz CT molecular complexity index is 1560. The average molecular weight is 546 g/mol. The van der Waals surface area contributed by atoms with Crippen LogP contribution in [0.1, 0.15) is 84.8 Å². The number of carbonyl (C=O) groups excluding carboxylic acids is 1. The minimum absolute atomic E-state index is 0.0105. The van der Waals surface area contributed by atoms with Crippen LogP contribution in [-0.2, 0) is 0 Å². The maximum absolute atomic E-state index is 13.9. The summed E-state index contributed by atoms with van der Waals surface area (Å²) in [6.07, 6.45) is 6.21. The molecule has 1 aromatic heterocycles. The number of amides is 1. The Balaban J connectivity index is 1.39. The second kappa shape index (κ2) is 12.1. The van der Waals surface area contributed by atoms with Gasteiger partial charge in [0, 0.05) is 29.6 Å². The van der Waals surface area contributed by atoms with E-state index in [1.807, 2.05) is 47.4 Å². The number of carbonyl (C=O) groups is 1. The van der Waals surface area contributed by atoms with Gasteiger partial charge in [-0.15, -0.1) is 10.2 Å². The van der Waals surface area contributed by atoms with Crippen LogP contribution in [-0.4, -0.2) is 40.1 Å². The number of hydrogen-bond donors (Lipinski definition) is 1. The second-order valence-electron chi connectivity index (χ2n) is 11.1. The van der Waals surface area contributed by atoms with Gasteiger partial charge in [0.15, 0.2) is 0 Å². The van der Waals surface area contributed by atoms with E-state index < -0.39 is 0 Å². The van der Waals surface area contributed by atoms with Crippen molar-refractivity contribution in [1.29, 1.82) is 5.26 Å². The lowest BCUT2D eigenvalue weighted by molar-refractivity contribution is 0.0730. The van der Waals surface area contributed by atoms with Crippen LogP contribution in [0.4, 0.5) is 0 Å². The molecule has 2 saturated heterocycles. The number of nitrogens with zero attached hydrogens (tertiary/aromatic N) is 4. The summed E-state index contributed by atoms with van der Waals surface area (Å²) in [5.74, 6) is 1.16. The number of likely N-dealkylation sites (tertiary alicyclic amines) is 1. The molecule has 3 atom stereocenters. The topological polar surface area (TPSA) is 95.1 Å². The highest BCUT2D eigenvalue weighted by Gasteiger charge is 2.33. The number of hydrogen-bond acceptors (Lipinski definition) is 6. The van der Waals surface area contributed by atoms with Crippen molar-refractivity contribution in [3.8, 4) is 28.7 Å². The van der Waals surface area contributed by atoms with Gasteiger partial charge in [0.1, 0.15) is 0 Å². The normalized spacial score (nSPS) is 20.6. The molecule has 0 saturated carbocycles. The summed E-state index contributed by atoms with van der Waals surface area (Å²) in [5.41, 5.74) is 4.61. The van der Waals surface area contributed by atoms with Crippen molar-refractivity contribution in [3.05, 3.63) is 95.4 Å². The number of nitriles is 1. The quantitative estimate of drug-likeness (QED) is 0.272. The van der Waals surface area contributed by atoms with Crippen LogP contribution < -0.4 is 5.32 Å². The Morgan fingerprint density at radius 3 is 2.66 bits per heavy atom. The number of aromatic nitrogens is 2. The Morgan fingerprint density at radius 1 is 1.02 bits per heavy atom. The van der Waals surface area contributed by atoms with Crippen molar-refractivity contribution in [2.24, 2.45) is 0 Å². The van der Waals surface area contributed by atoms with Crippen molar-refractivity contribution in [1.82, 2.24) is 20.4 Å². The molecular formula is C34H35N5O2. The third-order valence-electron chi connectivity index (χ3n) is 8.44. The SMILES string of the molecule is CCCC1CCCN1C(=O)c1cc(-c2nnc([C@@H]3NCCC[C@@H]3c3ccccc3)o2)cc(-c2ccccc2C#N)c1. The first kappa shape index (κ1) is 26.9. The van der Waals surface area contributed by atoms with E-state index in [4.69, 9.17) is 4.42 Å². The van der Waals surface area contributed by atoms with Crippen LogP contribution in [0, 0.1) is 11.3 Å². The van der Waals surface area contributed by atoms with Crippen LogP contribution in [0.25, 0.3) is 22.6 Å². The van der Waals surface area contributed by atoms with E-state index in [2.05, 4.69) is 52.8 Å². The predicted molar refractivity (Wildman–Crippen MR) is 158 cm³/mol. The van der Waals surface area contributed by atoms with Crippen molar-refractivity contribution in [2.45, 2.75) is 63.5 Å². The summed E-state index contributed by atoms with van der Waals surface area (Å²) in [5, 5.41) is 22.3. The maximum Gasteiger partial charge on any atom is 0.254 e. The summed E-state index contributed by atoms with van der Waals surface area (Å²) >= 11 is 0. The van der Waals surface area contributed by atoms with Gasteiger partial charge in [-0.1, -0.05) is 61.9 Å². The molecule has 208 valence electrons. The van der Waals surface area contributed by atoms with Gasteiger partial charge < -0.3 is 14.6 Å². The van der Waals surface area contributed by atoms with Crippen LogP contribution in [0.5, 0.6) is 0 Å². The third-order valence-corrected chi connectivity index (χ3v) is 8.44. The standard InChI is InChI=1S/C34H35N5O2/c1-2-10-28-14-9-18-39(28)34(40)27-20-25(29-15-7-6-13-24(29)22-35)19-26(21-27)32-37-38-33(41-32)31-30(16-8-17-36-31)23-11-4-3-5-12-23/h3-7,11-13,15,19-21,28,30-31,36H,2,8-10,14,16-18H2,1H3/t28?,30-,31-/m1/s1. The number of rotatable bonds is 7. The monoisotopic (exact) mass is 545 g/mol. The third kappa shape index (κ3) is 5.53. The largest absolute Gasteiger partial charge is 0.419 e. The zero-order chi connectivity index (χ0) is 28.2. The Hall–Kier alpha value is -4.28. The van der Waals surface area contributed by atoms with Crippen molar-refractivity contribution in [3.63, 3.8) is 0 Å². The lowest BCUT2D eigenvalue weighted by Gasteiger charge is -2.30. The first-order valence-electron chi connectivity index (χ1n) is 14.7. The van der Waals surface area contributed by atoms with Crippen molar-refractivity contribution >= 4 is 5.91 Å². The van der Waals surface area contributed by atoms with Gasteiger partial charge in [-0.3, -0.25) is 4.79 Å². The van der Waals surface area contributed by atoms with Crippen molar-refractivity contribution < 1.29 is 9.21 Å². The Labute approximate surface area is 241 Å². The van der Waals surface area contributed by atoms with Crippen LogP contribution in [0.15, 0.2) is 77.2 Å². The average Bonchev–Trinajstić information content (AvgIpc) is 3.72. The molecule has 1 N–H and O–H groups in total. The molecule has 0 spiro atoms. The summed E-state index contributed by atoms with van der Waals surface area (Å²) in [4.78, 5) is 15.9. The molecule has 2 fully saturated rings. The molecule has 0 bridgehead atoms. The molecule has 3 aromatic carbocycles. The molecule has 3 heterocycles. The van der Waals surface area contributed by atoms with E-state index in [9.17, 15) is 10.1 Å². The second-order valence-corrected chi connectivity index (χ2v) is 11.1. The van der Waals surface area contributed by atoms with E-state index >= 15 is 0 Å². The minimum atomic E-state index is -0.0876. The van der Waals surface area contributed by atoms with Gasteiger partial charge in [0.2, 0.25) is 11.8 Å². The highest BCUT2D eigenvalue weighted by Crippen LogP contribution is 2.38. The Kier molecular flexibility index (Phi) is 7.93. The van der Waals surface area contributed by atoms with Gasteiger partial charge in [0.25, 0.3) is 5.91 Å². The minimum Gasteiger partial charge on any atom is -0.419 e. The molecule has 0 aliphatic carbocycles. The molecule has 2 aliphatic rings. The fourth-order valence-corrected chi connectivity index (χ4v) is 6.45. The first-order chi connectivity index (χ1) is 20.2. The molecule has 0 radical (unpaired) electrons. The van der Waals surface area contributed by atoms with Crippen LogP contribution in [0.2, 0.25) is 0 Å². The van der Waals surface area contributed by atoms with Gasteiger partial charge in [-0.2, -0.15) is 5.26 Å². The molecule has 2 aliphatic heterocycles. The van der Waals surface area contributed by atoms with E-state index in [0.29, 0.717) is 28.5 Å². The summed E-state index contributed by atoms with van der Waals surface area (Å²) in [7, 11) is 0. The summed E-state index contributed by atoms with van der Waals surface area (Å²) < 4.78 is 6.35. The summed E-state index contributed by atoms with van der Waals surface area (Å²) in [6, 6.07) is 26.1. The fourth-order valence-electron chi connectivity index (χ4n) is 6.45. The highest BCUT2D eigenvalue weighted by molar-refractivity contribution is 5.97. The molecule has 7 heteroatoms. The first-order valence-corrected chi connectivity index (χ1v) is 14.7.